The average Bonchev–Trinajstić information content (AvgIpc) is 2.64. The minimum absolute atomic E-state index is 0. The molecule has 0 aromatic heterocycles. The van der Waals surface area contributed by atoms with E-state index in [1.165, 1.54) is 0 Å². The molecule has 6 heteroatoms. The molecule has 1 aliphatic rings. The van der Waals surface area contributed by atoms with Gasteiger partial charge >= 0.3 is 0 Å². The number of hydrogen-bond donors (Lipinski definition) is 3. The van der Waals surface area contributed by atoms with Gasteiger partial charge < -0.3 is 16.4 Å². The number of halogens is 1. The van der Waals surface area contributed by atoms with Crippen molar-refractivity contribution < 1.29 is 9.59 Å². The first-order valence-electron chi connectivity index (χ1n) is 5.39. The van der Waals surface area contributed by atoms with E-state index in [2.05, 4.69) is 10.6 Å². The quantitative estimate of drug-likeness (QED) is 0.645. The Morgan fingerprint density at radius 3 is 2.56 bits per heavy atom. The zero-order valence-corrected chi connectivity index (χ0v) is 10.3. The Kier molecular flexibility index (Phi) is 7.08. The summed E-state index contributed by atoms with van der Waals surface area (Å²) in [6, 6.07) is -0.00926. The molecule has 2 amide bonds. The van der Waals surface area contributed by atoms with E-state index in [-0.39, 0.29) is 36.2 Å². The van der Waals surface area contributed by atoms with Crippen LogP contribution in [0.1, 0.15) is 25.7 Å². The van der Waals surface area contributed by atoms with Crippen LogP contribution < -0.4 is 16.4 Å². The first-order valence-corrected chi connectivity index (χ1v) is 5.39. The molecule has 0 heterocycles. The summed E-state index contributed by atoms with van der Waals surface area (Å²) in [7, 11) is 1.58. The molecule has 1 rings (SSSR count). The molecule has 1 fully saturated rings. The average molecular weight is 250 g/mol. The van der Waals surface area contributed by atoms with Crippen LogP contribution >= 0.6 is 12.4 Å². The second kappa shape index (κ2) is 7.46. The lowest BCUT2D eigenvalue weighted by atomic mass is 10.0. The Morgan fingerprint density at radius 1 is 1.38 bits per heavy atom. The van der Waals surface area contributed by atoms with Gasteiger partial charge in [-0.05, 0) is 12.8 Å². The largest absolute Gasteiger partial charge is 0.359 e. The van der Waals surface area contributed by atoms with Crippen LogP contribution in [0.4, 0.5) is 0 Å². The van der Waals surface area contributed by atoms with Gasteiger partial charge in [0.05, 0.1) is 5.92 Å². The smallest absolute Gasteiger partial charge is 0.224 e. The third kappa shape index (κ3) is 4.37. The lowest BCUT2D eigenvalue weighted by Gasteiger charge is -2.14. The summed E-state index contributed by atoms with van der Waals surface area (Å²) in [6.45, 7) is 0.391. The number of amides is 2. The molecular formula is C10H20ClN3O2. The molecule has 0 bridgehead atoms. The van der Waals surface area contributed by atoms with E-state index in [0.29, 0.717) is 13.0 Å². The van der Waals surface area contributed by atoms with E-state index in [1.807, 2.05) is 0 Å². The molecule has 0 saturated heterocycles. The summed E-state index contributed by atoms with van der Waals surface area (Å²) < 4.78 is 0. The van der Waals surface area contributed by atoms with E-state index < -0.39 is 0 Å². The number of rotatable bonds is 4. The predicted octanol–water partition coefficient (Wildman–Crippen LogP) is -0.212. The van der Waals surface area contributed by atoms with E-state index in [4.69, 9.17) is 5.73 Å². The van der Waals surface area contributed by atoms with E-state index >= 15 is 0 Å². The summed E-state index contributed by atoms with van der Waals surface area (Å²) in [5.41, 5.74) is 5.80. The van der Waals surface area contributed by atoms with Crippen LogP contribution in [0.15, 0.2) is 0 Å². The van der Waals surface area contributed by atoms with E-state index in [9.17, 15) is 9.59 Å². The highest BCUT2D eigenvalue weighted by Gasteiger charge is 2.29. The van der Waals surface area contributed by atoms with Gasteiger partial charge in [-0.15, -0.1) is 12.4 Å². The maximum Gasteiger partial charge on any atom is 0.224 e. The molecule has 4 N–H and O–H groups in total. The SMILES string of the molecule is CNC(=O)CCNC(=O)C1CCCC1N.Cl. The van der Waals surface area contributed by atoms with Crippen LogP contribution in [0, 0.1) is 5.92 Å². The lowest BCUT2D eigenvalue weighted by Crippen LogP contribution is -2.39. The van der Waals surface area contributed by atoms with Crippen LogP contribution in [0.5, 0.6) is 0 Å². The van der Waals surface area contributed by atoms with Crippen molar-refractivity contribution in [1.82, 2.24) is 10.6 Å². The summed E-state index contributed by atoms with van der Waals surface area (Å²) in [6.07, 6.45) is 3.14. The Balaban J connectivity index is 0.00000225. The molecule has 0 radical (unpaired) electrons. The molecule has 0 spiro atoms. The number of nitrogens with two attached hydrogens (primary N) is 1. The molecule has 1 saturated carbocycles. The summed E-state index contributed by atoms with van der Waals surface area (Å²) in [5, 5.41) is 5.24. The minimum atomic E-state index is -0.0639. The maximum absolute atomic E-state index is 11.6. The third-order valence-corrected chi connectivity index (χ3v) is 2.84. The molecule has 0 aliphatic heterocycles. The fourth-order valence-electron chi connectivity index (χ4n) is 1.87. The number of carbonyl (C=O) groups is 2. The van der Waals surface area contributed by atoms with Crippen LogP contribution in [-0.4, -0.2) is 31.4 Å². The van der Waals surface area contributed by atoms with E-state index in [1.54, 1.807) is 7.05 Å². The van der Waals surface area contributed by atoms with Crippen molar-refractivity contribution in [1.29, 1.82) is 0 Å². The topological polar surface area (TPSA) is 84.2 Å². The Morgan fingerprint density at radius 2 is 2.06 bits per heavy atom. The van der Waals surface area contributed by atoms with Gasteiger partial charge in [0.2, 0.25) is 11.8 Å². The number of carbonyl (C=O) groups excluding carboxylic acids is 2. The first-order chi connectivity index (χ1) is 7.15. The highest BCUT2D eigenvalue weighted by Crippen LogP contribution is 2.23. The zero-order valence-electron chi connectivity index (χ0n) is 9.49. The van der Waals surface area contributed by atoms with Crippen molar-refractivity contribution in [2.45, 2.75) is 31.7 Å². The maximum atomic E-state index is 11.6. The summed E-state index contributed by atoms with van der Waals surface area (Å²) in [5.74, 6) is -0.135. The first kappa shape index (κ1) is 15.2. The molecule has 5 nitrogen and oxygen atoms in total. The summed E-state index contributed by atoms with van der Waals surface area (Å²) >= 11 is 0. The van der Waals surface area contributed by atoms with Gasteiger partial charge in [-0.25, -0.2) is 0 Å². The summed E-state index contributed by atoms with van der Waals surface area (Å²) in [4.78, 5) is 22.5. The fourth-order valence-corrected chi connectivity index (χ4v) is 1.87. The molecule has 2 unspecified atom stereocenters. The zero-order chi connectivity index (χ0) is 11.3. The Bertz CT molecular complexity index is 248. The van der Waals surface area contributed by atoms with Gasteiger partial charge in [0.25, 0.3) is 0 Å². The molecule has 0 aromatic carbocycles. The minimum Gasteiger partial charge on any atom is -0.359 e. The highest BCUT2D eigenvalue weighted by molar-refractivity contribution is 5.85. The van der Waals surface area contributed by atoms with Crippen molar-refractivity contribution in [3.8, 4) is 0 Å². The van der Waals surface area contributed by atoms with Crippen molar-refractivity contribution in [2.75, 3.05) is 13.6 Å². The fraction of sp³-hybridized carbons (Fsp3) is 0.800. The Hall–Kier alpha value is -0.810. The van der Waals surface area contributed by atoms with E-state index in [0.717, 1.165) is 19.3 Å². The monoisotopic (exact) mass is 249 g/mol. The van der Waals surface area contributed by atoms with Crippen LogP contribution in [0.2, 0.25) is 0 Å². The van der Waals surface area contributed by atoms with Gasteiger partial charge in [0, 0.05) is 26.1 Å². The molecule has 0 aromatic rings. The molecular weight excluding hydrogens is 230 g/mol. The van der Waals surface area contributed by atoms with Gasteiger partial charge in [0.1, 0.15) is 0 Å². The van der Waals surface area contributed by atoms with Crippen molar-refractivity contribution in [3.05, 3.63) is 0 Å². The second-order valence-electron chi connectivity index (χ2n) is 3.92. The number of hydrogen-bond acceptors (Lipinski definition) is 3. The number of nitrogens with one attached hydrogen (secondary N) is 2. The standard InChI is InChI=1S/C10H19N3O2.ClH/c1-12-9(14)5-6-13-10(15)7-3-2-4-8(7)11;/h7-8H,2-6,11H2,1H3,(H,12,14)(H,13,15);1H. The Labute approximate surface area is 102 Å². The molecule has 16 heavy (non-hydrogen) atoms. The van der Waals surface area contributed by atoms with Gasteiger partial charge in [0.15, 0.2) is 0 Å². The van der Waals surface area contributed by atoms with Crippen molar-refractivity contribution in [2.24, 2.45) is 11.7 Å². The normalized spacial score (nSPS) is 23.4. The van der Waals surface area contributed by atoms with Crippen LogP contribution in [0.25, 0.3) is 0 Å². The van der Waals surface area contributed by atoms with Crippen LogP contribution in [0.3, 0.4) is 0 Å². The lowest BCUT2D eigenvalue weighted by molar-refractivity contribution is -0.125. The van der Waals surface area contributed by atoms with Gasteiger partial charge in [-0.1, -0.05) is 6.42 Å². The second-order valence-corrected chi connectivity index (χ2v) is 3.92. The van der Waals surface area contributed by atoms with Gasteiger partial charge in [-0.3, -0.25) is 9.59 Å². The highest BCUT2D eigenvalue weighted by atomic mass is 35.5. The van der Waals surface area contributed by atoms with Gasteiger partial charge in [-0.2, -0.15) is 0 Å². The predicted molar refractivity (Wildman–Crippen MR) is 64.3 cm³/mol. The molecule has 2 atom stereocenters. The molecule has 1 aliphatic carbocycles. The van der Waals surface area contributed by atoms with Crippen molar-refractivity contribution in [3.63, 3.8) is 0 Å². The molecule has 94 valence electrons. The van der Waals surface area contributed by atoms with Crippen molar-refractivity contribution >= 4 is 24.2 Å². The third-order valence-electron chi connectivity index (χ3n) is 2.84. The van der Waals surface area contributed by atoms with Crippen LogP contribution in [-0.2, 0) is 9.59 Å².